The molecule has 1 aliphatic carbocycles. The van der Waals surface area contributed by atoms with Gasteiger partial charge in [0, 0.05) is 18.8 Å². The maximum atomic E-state index is 12.1. The van der Waals surface area contributed by atoms with Gasteiger partial charge in [0.05, 0.1) is 12.2 Å². The number of carbonyl (C=O) groups is 2. The third kappa shape index (κ3) is 8.45. The van der Waals surface area contributed by atoms with Gasteiger partial charge in [-0.1, -0.05) is 44.4 Å². The maximum Gasteiger partial charge on any atom is 0.303 e. The van der Waals surface area contributed by atoms with Crippen LogP contribution < -0.4 is 0 Å². The lowest BCUT2D eigenvalue weighted by Crippen LogP contribution is -2.14. The van der Waals surface area contributed by atoms with E-state index >= 15 is 0 Å². The smallest absolute Gasteiger partial charge is 0.303 e. The van der Waals surface area contributed by atoms with Crippen molar-refractivity contribution in [2.45, 2.75) is 83.3 Å². The first kappa shape index (κ1) is 21.6. The number of carboxylic acid groups (broad SMARTS) is 1. The van der Waals surface area contributed by atoms with Crippen LogP contribution in [0.5, 0.6) is 0 Å². The first-order valence-corrected chi connectivity index (χ1v) is 9.41. The molecule has 1 saturated carbocycles. The van der Waals surface area contributed by atoms with Crippen molar-refractivity contribution in [3.8, 4) is 0 Å². The molecule has 142 valence electrons. The van der Waals surface area contributed by atoms with Gasteiger partial charge in [0.15, 0.2) is 5.78 Å². The number of Topliss-reactive ketones (excluding diaryl/α,β-unsaturated/α-hetero) is 1. The fourth-order valence-electron chi connectivity index (χ4n) is 3.16. The highest BCUT2D eigenvalue weighted by Gasteiger charge is 2.35. The fraction of sp³-hybridized carbons (Fsp3) is 0.700. The Morgan fingerprint density at radius 2 is 2.04 bits per heavy atom. The highest BCUT2D eigenvalue weighted by molar-refractivity contribution is 5.98. The van der Waals surface area contributed by atoms with Crippen LogP contribution in [0.25, 0.3) is 0 Å². The number of ketones is 1. The number of unbranched alkanes of at least 4 members (excludes halogenated alkanes) is 3. The first-order chi connectivity index (χ1) is 12.0. The molecule has 0 saturated heterocycles. The standard InChI is InChI=1S/C20H32O5/c1-2-3-6-9-15(21)12-13-17-16(18(22)14-19(17)23)10-7-4-5-8-11-20(24)25/h4,7,13,15-16,18,21-22H,2-3,5-6,8-12,14H2,1H3,(H,24,25)/b7-4-,17-13+/t15?,16-,18?/m1/s1. The summed E-state index contributed by atoms with van der Waals surface area (Å²) < 4.78 is 0. The van der Waals surface area contributed by atoms with Crippen LogP contribution in [0.2, 0.25) is 0 Å². The minimum Gasteiger partial charge on any atom is -0.481 e. The van der Waals surface area contributed by atoms with E-state index in [4.69, 9.17) is 5.11 Å². The second-order valence-electron chi connectivity index (χ2n) is 6.84. The summed E-state index contributed by atoms with van der Waals surface area (Å²) in [4.78, 5) is 22.5. The Labute approximate surface area is 150 Å². The summed E-state index contributed by atoms with van der Waals surface area (Å²) in [5, 5.41) is 28.7. The molecule has 0 aromatic heterocycles. The second-order valence-corrected chi connectivity index (χ2v) is 6.84. The molecule has 3 N–H and O–H groups in total. The van der Waals surface area contributed by atoms with Gasteiger partial charge < -0.3 is 15.3 Å². The Morgan fingerprint density at radius 3 is 2.72 bits per heavy atom. The number of carboxylic acids is 1. The van der Waals surface area contributed by atoms with Crippen molar-refractivity contribution in [1.82, 2.24) is 0 Å². The van der Waals surface area contributed by atoms with Crippen molar-refractivity contribution in [1.29, 1.82) is 0 Å². The molecule has 0 aromatic rings. The number of hydrogen-bond donors (Lipinski definition) is 3. The molecule has 0 amide bonds. The molecule has 0 heterocycles. The molecule has 1 rings (SSSR count). The Bertz CT molecular complexity index is 480. The van der Waals surface area contributed by atoms with E-state index in [1.165, 1.54) is 0 Å². The zero-order valence-electron chi connectivity index (χ0n) is 15.2. The first-order valence-electron chi connectivity index (χ1n) is 9.41. The average molecular weight is 352 g/mol. The number of aliphatic hydroxyl groups excluding tert-OH is 2. The number of hydrogen-bond acceptors (Lipinski definition) is 4. The van der Waals surface area contributed by atoms with E-state index in [2.05, 4.69) is 6.92 Å². The van der Waals surface area contributed by atoms with Gasteiger partial charge in [-0.3, -0.25) is 9.59 Å². The largest absolute Gasteiger partial charge is 0.481 e. The molecular weight excluding hydrogens is 320 g/mol. The Morgan fingerprint density at radius 1 is 1.28 bits per heavy atom. The average Bonchev–Trinajstić information content (AvgIpc) is 2.82. The Kier molecular flexibility index (Phi) is 10.3. The summed E-state index contributed by atoms with van der Waals surface area (Å²) in [6.07, 6.45) is 11.1. The van der Waals surface area contributed by atoms with E-state index in [1.54, 1.807) is 6.08 Å². The molecule has 0 radical (unpaired) electrons. The van der Waals surface area contributed by atoms with Crippen LogP contribution in [0.15, 0.2) is 23.8 Å². The molecule has 5 nitrogen and oxygen atoms in total. The third-order valence-electron chi connectivity index (χ3n) is 4.65. The molecular formula is C20H32O5. The van der Waals surface area contributed by atoms with Crippen molar-refractivity contribution in [2.75, 3.05) is 0 Å². The molecule has 5 heteroatoms. The molecule has 0 aliphatic heterocycles. The molecule has 0 spiro atoms. The van der Waals surface area contributed by atoms with E-state index in [0.29, 0.717) is 31.3 Å². The summed E-state index contributed by atoms with van der Waals surface area (Å²) in [6.45, 7) is 2.12. The van der Waals surface area contributed by atoms with Crippen LogP contribution in [0, 0.1) is 5.92 Å². The molecule has 1 aliphatic rings. The number of allylic oxidation sites excluding steroid dienone is 2. The van der Waals surface area contributed by atoms with Crippen molar-refractivity contribution in [3.05, 3.63) is 23.8 Å². The molecule has 25 heavy (non-hydrogen) atoms. The molecule has 2 unspecified atom stereocenters. The zero-order chi connectivity index (χ0) is 18.7. The topological polar surface area (TPSA) is 94.8 Å². The summed E-state index contributed by atoms with van der Waals surface area (Å²) in [5.41, 5.74) is 0.636. The van der Waals surface area contributed by atoms with E-state index < -0.39 is 18.2 Å². The van der Waals surface area contributed by atoms with Crippen LogP contribution in [-0.4, -0.2) is 39.3 Å². The molecule has 1 fully saturated rings. The lowest BCUT2D eigenvalue weighted by molar-refractivity contribution is -0.137. The molecule has 0 bridgehead atoms. The Hall–Kier alpha value is -1.46. The van der Waals surface area contributed by atoms with Crippen LogP contribution >= 0.6 is 0 Å². The highest BCUT2D eigenvalue weighted by Crippen LogP contribution is 2.32. The molecule has 0 aromatic carbocycles. The van der Waals surface area contributed by atoms with E-state index in [9.17, 15) is 19.8 Å². The number of carbonyl (C=O) groups excluding carboxylic acids is 1. The summed E-state index contributed by atoms with van der Waals surface area (Å²) in [5.74, 6) is -1.04. The van der Waals surface area contributed by atoms with E-state index in [1.807, 2.05) is 12.2 Å². The summed E-state index contributed by atoms with van der Waals surface area (Å²) >= 11 is 0. The van der Waals surface area contributed by atoms with Crippen molar-refractivity contribution in [2.24, 2.45) is 5.92 Å². The predicted molar refractivity (Wildman–Crippen MR) is 97.2 cm³/mol. The van der Waals surface area contributed by atoms with Gasteiger partial charge in [0.25, 0.3) is 0 Å². The van der Waals surface area contributed by atoms with Gasteiger partial charge in [0.1, 0.15) is 0 Å². The maximum absolute atomic E-state index is 12.1. The highest BCUT2D eigenvalue weighted by atomic mass is 16.4. The van der Waals surface area contributed by atoms with Crippen LogP contribution in [0.4, 0.5) is 0 Å². The van der Waals surface area contributed by atoms with Gasteiger partial charge in [-0.15, -0.1) is 0 Å². The van der Waals surface area contributed by atoms with Gasteiger partial charge >= 0.3 is 5.97 Å². The fourth-order valence-corrected chi connectivity index (χ4v) is 3.16. The molecule has 3 atom stereocenters. The van der Waals surface area contributed by atoms with Gasteiger partial charge in [-0.2, -0.15) is 0 Å². The number of aliphatic carboxylic acids is 1. The number of aliphatic hydroxyl groups is 2. The lowest BCUT2D eigenvalue weighted by atomic mass is 9.94. The van der Waals surface area contributed by atoms with Crippen molar-refractivity contribution < 1.29 is 24.9 Å². The van der Waals surface area contributed by atoms with Gasteiger partial charge in [-0.25, -0.2) is 0 Å². The quantitative estimate of drug-likeness (QED) is 0.284. The summed E-state index contributed by atoms with van der Waals surface area (Å²) in [7, 11) is 0. The third-order valence-corrected chi connectivity index (χ3v) is 4.65. The van der Waals surface area contributed by atoms with Crippen LogP contribution in [0.1, 0.15) is 71.1 Å². The monoisotopic (exact) mass is 352 g/mol. The van der Waals surface area contributed by atoms with Gasteiger partial charge in [-0.05, 0) is 37.7 Å². The SMILES string of the molecule is CCCCCC(O)C/C=C1/C(=O)CC(O)[C@@H]1C/C=C\CCCC(=O)O. The normalized spacial score (nSPS) is 23.6. The predicted octanol–water partition coefficient (Wildman–Crippen LogP) is 3.40. The number of rotatable bonds is 12. The zero-order valence-corrected chi connectivity index (χ0v) is 15.2. The van der Waals surface area contributed by atoms with Crippen LogP contribution in [0.3, 0.4) is 0 Å². The van der Waals surface area contributed by atoms with Gasteiger partial charge in [0.2, 0.25) is 0 Å². The van der Waals surface area contributed by atoms with Crippen molar-refractivity contribution >= 4 is 11.8 Å². The minimum atomic E-state index is -0.798. The Balaban J connectivity index is 2.49. The van der Waals surface area contributed by atoms with Crippen molar-refractivity contribution in [3.63, 3.8) is 0 Å². The second kappa shape index (κ2) is 12.0. The summed E-state index contributed by atoms with van der Waals surface area (Å²) in [6, 6.07) is 0. The van der Waals surface area contributed by atoms with E-state index in [-0.39, 0.29) is 24.5 Å². The van der Waals surface area contributed by atoms with E-state index in [0.717, 1.165) is 25.7 Å². The lowest BCUT2D eigenvalue weighted by Gasteiger charge is -2.14. The minimum absolute atomic E-state index is 0.0301. The van der Waals surface area contributed by atoms with Crippen LogP contribution in [-0.2, 0) is 9.59 Å².